The van der Waals surface area contributed by atoms with Crippen molar-refractivity contribution in [1.82, 2.24) is 5.32 Å². The van der Waals surface area contributed by atoms with Gasteiger partial charge in [0.15, 0.2) is 0 Å². The van der Waals surface area contributed by atoms with Crippen LogP contribution in [0.4, 0.5) is 5.00 Å². The minimum Gasteiger partial charge on any atom is -0.315 e. The summed E-state index contributed by atoms with van der Waals surface area (Å²) in [6.45, 7) is 2.91. The Morgan fingerprint density at radius 3 is 3.21 bits per heavy atom. The molecular weight excluding hydrogens is 198 g/mol. The van der Waals surface area contributed by atoms with Crippen LogP contribution in [-0.4, -0.2) is 18.8 Å². The number of amides is 1. The van der Waals surface area contributed by atoms with Crippen molar-refractivity contribution in [2.75, 3.05) is 11.6 Å². The van der Waals surface area contributed by atoms with E-state index in [4.69, 9.17) is 0 Å². The number of nitrogens with one attached hydrogen (secondary N) is 1. The van der Waals surface area contributed by atoms with Gasteiger partial charge in [-0.05, 0) is 23.9 Å². The topological polar surface area (TPSA) is 44.7 Å². The molecule has 0 bridgehead atoms. The van der Waals surface area contributed by atoms with E-state index in [-0.39, 0.29) is 0 Å². The molecule has 0 radical (unpaired) electrons. The minimum absolute atomic E-state index is 0.670. The fraction of sp³-hybridized carbons (Fsp3) is 0.333. The van der Waals surface area contributed by atoms with E-state index in [1.807, 2.05) is 10.4 Å². The lowest BCUT2D eigenvalue weighted by Crippen LogP contribution is -2.18. The summed E-state index contributed by atoms with van der Waals surface area (Å²) < 4.78 is 0. The van der Waals surface area contributed by atoms with Gasteiger partial charge in [-0.1, -0.05) is 0 Å². The number of hydrazone groups is 1. The lowest BCUT2D eigenvalue weighted by molar-refractivity contribution is -0.108. The molecular formula is C9H11N3OS. The first-order valence-electron chi connectivity index (χ1n) is 4.40. The summed E-state index contributed by atoms with van der Waals surface area (Å²) in [6, 6.07) is 2.07. The minimum atomic E-state index is 0.670. The summed E-state index contributed by atoms with van der Waals surface area (Å²) in [5.41, 5.74) is 1.23. The quantitative estimate of drug-likeness (QED) is 0.747. The molecule has 1 amide bonds. The molecule has 0 atom stereocenters. The summed E-state index contributed by atoms with van der Waals surface area (Å²) in [7, 11) is 0. The van der Waals surface area contributed by atoms with E-state index in [1.165, 1.54) is 5.56 Å². The third-order valence-corrected chi connectivity index (χ3v) is 3.13. The highest BCUT2D eigenvalue weighted by molar-refractivity contribution is 7.14. The number of carbonyl (C=O) groups is 1. The maximum atomic E-state index is 10.2. The lowest BCUT2D eigenvalue weighted by atomic mass is 10.3. The molecule has 2 heterocycles. The second kappa shape index (κ2) is 3.79. The number of hydrogen-bond acceptors (Lipinski definition) is 4. The first-order chi connectivity index (χ1) is 6.81. The van der Waals surface area contributed by atoms with Crippen molar-refractivity contribution in [3.63, 3.8) is 0 Å². The van der Waals surface area contributed by atoms with E-state index in [1.54, 1.807) is 11.3 Å². The Morgan fingerprint density at radius 2 is 2.57 bits per heavy atom. The molecule has 0 saturated heterocycles. The van der Waals surface area contributed by atoms with Crippen LogP contribution in [0.15, 0.2) is 16.5 Å². The molecule has 74 valence electrons. The van der Waals surface area contributed by atoms with Crippen molar-refractivity contribution in [1.29, 1.82) is 0 Å². The summed E-state index contributed by atoms with van der Waals surface area (Å²) in [5, 5.41) is 12.0. The second-order valence-corrected chi connectivity index (χ2v) is 3.99. The van der Waals surface area contributed by atoms with Gasteiger partial charge in [-0.25, -0.2) is 0 Å². The Balaban J connectivity index is 2.15. The Morgan fingerprint density at radius 1 is 1.71 bits per heavy atom. The lowest BCUT2D eigenvalue weighted by Gasteiger charge is -2.11. The van der Waals surface area contributed by atoms with Crippen LogP contribution in [0.5, 0.6) is 0 Å². The highest BCUT2D eigenvalue weighted by Crippen LogP contribution is 2.28. The van der Waals surface area contributed by atoms with Gasteiger partial charge in [0.2, 0.25) is 6.41 Å². The fourth-order valence-electron chi connectivity index (χ4n) is 1.40. The zero-order valence-electron chi connectivity index (χ0n) is 7.86. The number of anilines is 1. The third-order valence-electron chi connectivity index (χ3n) is 2.10. The summed E-state index contributed by atoms with van der Waals surface area (Å²) >= 11 is 1.67. The number of hydrogen-bond donors (Lipinski definition) is 1. The molecule has 5 heteroatoms. The fourth-order valence-corrected chi connectivity index (χ4v) is 2.31. The highest BCUT2D eigenvalue weighted by atomic mass is 32.1. The van der Waals surface area contributed by atoms with Gasteiger partial charge in [0.1, 0.15) is 10.8 Å². The van der Waals surface area contributed by atoms with Gasteiger partial charge in [-0.15, -0.1) is 11.3 Å². The molecule has 1 aromatic rings. The van der Waals surface area contributed by atoms with Crippen LogP contribution >= 0.6 is 11.3 Å². The monoisotopic (exact) mass is 209 g/mol. The number of aryl methyl sites for hydroxylation is 1. The maximum Gasteiger partial charge on any atom is 0.212 e. The molecule has 0 spiro atoms. The molecule has 14 heavy (non-hydrogen) atoms. The summed E-state index contributed by atoms with van der Waals surface area (Å²) in [6.07, 6.45) is 1.47. The van der Waals surface area contributed by atoms with Gasteiger partial charge in [0, 0.05) is 13.0 Å². The Bertz CT molecular complexity index is 372. The Kier molecular flexibility index (Phi) is 2.49. The standard InChI is InChI=1S/C9H11N3OS/c1-7-3-5-14-9(7)12-4-2-8(11-12)10-6-13/h3,5-6H,2,4H2,1H3,(H,10,11,13). The van der Waals surface area contributed by atoms with E-state index >= 15 is 0 Å². The van der Waals surface area contributed by atoms with Gasteiger partial charge >= 0.3 is 0 Å². The van der Waals surface area contributed by atoms with Gasteiger partial charge in [0.05, 0.1) is 0 Å². The normalized spacial score (nSPS) is 15.5. The predicted octanol–water partition coefficient (Wildman–Crippen LogP) is 1.33. The molecule has 0 aliphatic carbocycles. The predicted molar refractivity (Wildman–Crippen MR) is 57.7 cm³/mol. The smallest absolute Gasteiger partial charge is 0.212 e. The number of carbonyl (C=O) groups excluding carboxylic acids is 1. The molecule has 0 unspecified atom stereocenters. The summed E-state index contributed by atoms with van der Waals surface area (Å²) in [4.78, 5) is 10.2. The van der Waals surface area contributed by atoms with E-state index in [0.717, 1.165) is 23.8 Å². The zero-order valence-corrected chi connectivity index (χ0v) is 8.67. The van der Waals surface area contributed by atoms with Crippen molar-refractivity contribution in [2.45, 2.75) is 13.3 Å². The van der Waals surface area contributed by atoms with E-state index < -0.39 is 0 Å². The van der Waals surface area contributed by atoms with Gasteiger partial charge in [0.25, 0.3) is 0 Å². The van der Waals surface area contributed by atoms with Crippen LogP contribution < -0.4 is 10.3 Å². The number of thiophene rings is 1. The van der Waals surface area contributed by atoms with Gasteiger partial charge < -0.3 is 5.32 Å². The molecule has 1 N–H and O–H groups in total. The average Bonchev–Trinajstić information content (AvgIpc) is 2.74. The number of amidine groups is 1. The molecule has 0 fully saturated rings. The first kappa shape index (κ1) is 9.21. The van der Waals surface area contributed by atoms with Crippen LogP contribution in [-0.2, 0) is 4.79 Å². The molecule has 1 aromatic heterocycles. The SMILES string of the molecule is Cc1ccsc1N1CCC(NC=O)=N1. The van der Waals surface area contributed by atoms with Crippen molar-refractivity contribution < 1.29 is 4.79 Å². The van der Waals surface area contributed by atoms with Crippen LogP contribution in [0.1, 0.15) is 12.0 Å². The Hall–Kier alpha value is -1.36. The van der Waals surface area contributed by atoms with E-state index in [9.17, 15) is 4.79 Å². The molecule has 1 aliphatic rings. The van der Waals surface area contributed by atoms with Crippen molar-refractivity contribution >= 4 is 28.6 Å². The summed E-state index contributed by atoms with van der Waals surface area (Å²) in [5.74, 6) is 0.743. The van der Waals surface area contributed by atoms with Crippen molar-refractivity contribution in [3.05, 3.63) is 17.0 Å². The van der Waals surface area contributed by atoms with Crippen LogP contribution in [0.25, 0.3) is 0 Å². The van der Waals surface area contributed by atoms with Crippen LogP contribution in [0.2, 0.25) is 0 Å². The zero-order chi connectivity index (χ0) is 9.97. The molecule has 2 rings (SSSR count). The molecule has 0 saturated carbocycles. The van der Waals surface area contributed by atoms with E-state index in [0.29, 0.717) is 6.41 Å². The number of rotatable bonds is 2. The van der Waals surface area contributed by atoms with Gasteiger partial charge in [-0.3, -0.25) is 9.80 Å². The van der Waals surface area contributed by atoms with Crippen LogP contribution in [0.3, 0.4) is 0 Å². The molecule has 0 aromatic carbocycles. The third kappa shape index (κ3) is 1.63. The van der Waals surface area contributed by atoms with Crippen molar-refractivity contribution in [2.24, 2.45) is 5.10 Å². The highest BCUT2D eigenvalue weighted by Gasteiger charge is 2.17. The van der Waals surface area contributed by atoms with E-state index in [2.05, 4.69) is 23.4 Å². The molecule has 1 aliphatic heterocycles. The van der Waals surface area contributed by atoms with Crippen LogP contribution in [0, 0.1) is 6.92 Å². The first-order valence-corrected chi connectivity index (χ1v) is 5.28. The van der Waals surface area contributed by atoms with Crippen molar-refractivity contribution in [3.8, 4) is 0 Å². The maximum absolute atomic E-state index is 10.2. The second-order valence-electron chi connectivity index (χ2n) is 3.09. The largest absolute Gasteiger partial charge is 0.315 e. The Labute approximate surface area is 86.2 Å². The van der Waals surface area contributed by atoms with Gasteiger partial charge in [-0.2, -0.15) is 5.10 Å². The average molecular weight is 209 g/mol. The number of nitrogens with zero attached hydrogens (tertiary/aromatic N) is 2. The molecule has 4 nitrogen and oxygen atoms in total.